The lowest BCUT2D eigenvalue weighted by atomic mass is 10.2. The number of carbonyl (C=O) groups is 2. The Labute approximate surface area is 175 Å². The summed E-state index contributed by atoms with van der Waals surface area (Å²) in [7, 11) is 3.05. The number of rotatable bonds is 6. The van der Waals surface area contributed by atoms with Crippen LogP contribution in [-0.4, -0.2) is 31.0 Å². The summed E-state index contributed by atoms with van der Waals surface area (Å²) in [6.07, 6.45) is 1.43. The van der Waals surface area contributed by atoms with Crippen LogP contribution in [0.3, 0.4) is 0 Å². The highest BCUT2D eigenvalue weighted by molar-refractivity contribution is 7.22. The number of amides is 2. The number of furan rings is 1. The molecule has 2 aromatic heterocycles. The molecule has 30 heavy (non-hydrogen) atoms. The van der Waals surface area contributed by atoms with Crippen LogP contribution in [0.15, 0.2) is 59.2 Å². The Kier molecular flexibility index (Phi) is 5.36. The number of fused-ring (bicyclic) bond motifs is 1. The molecule has 4 rings (SSSR count). The Hall–Kier alpha value is -3.85. The number of nitrogens with one attached hydrogen (secondary N) is 2. The highest BCUT2D eigenvalue weighted by atomic mass is 32.1. The Balaban J connectivity index is 1.51. The number of methoxy groups -OCH3 is 2. The number of anilines is 2. The first-order valence-electron chi connectivity index (χ1n) is 8.86. The molecular formula is C21H17N3O5S. The predicted octanol–water partition coefficient (Wildman–Crippen LogP) is 4.41. The Bertz CT molecular complexity index is 1220. The minimum Gasteiger partial charge on any atom is -0.493 e. The molecular weight excluding hydrogens is 406 g/mol. The highest BCUT2D eigenvalue weighted by Gasteiger charge is 2.14. The van der Waals surface area contributed by atoms with Crippen molar-refractivity contribution in [1.29, 1.82) is 0 Å². The Morgan fingerprint density at radius 3 is 2.53 bits per heavy atom. The molecule has 9 heteroatoms. The topological polar surface area (TPSA) is 103 Å². The van der Waals surface area contributed by atoms with Crippen molar-refractivity contribution in [3.8, 4) is 11.5 Å². The zero-order valence-electron chi connectivity index (χ0n) is 16.1. The first-order valence-corrected chi connectivity index (χ1v) is 9.68. The van der Waals surface area contributed by atoms with Crippen LogP contribution >= 0.6 is 11.3 Å². The van der Waals surface area contributed by atoms with Crippen LogP contribution in [0.5, 0.6) is 11.5 Å². The predicted molar refractivity (Wildman–Crippen MR) is 114 cm³/mol. The third-order valence-electron chi connectivity index (χ3n) is 4.26. The summed E-state index contributed by atoms with van der Waals surface area (Å²) < 4.78 is 16.3. The van der Waals surface area contributed by atoms with Crippen molar-refractivity contribution in [3.63, 3.8) is 0 Å². The van der Waals surface area contributed by atoms with Gasteiger partial charge in [-0.15, -0.1) is 0 Å². The second-order valence-electron chi connectivity index (χ2n) is 6.16. The lowest BCUT2D eigenvalue weighted by Gasteiger charge is -2.10. The maximum atomic E-state index is 12.6. The second-order valence-corrected chi connectivity index (χ2v) is 7.19. The van der Waals surface area contributed by atoms with E-state index in [-0.39, 0.29) is 17.6 Å². The van der Waals surface area contributed by atoms with Crippen LogP contribution in [0.4, 0.5) is 10.8 Å². The molecule has 0 saturated heterocycles. The number of aromatic nitrogens is 1. The maximum absolute atomic E-state index is 12.6. The summed E-state index contributed by atoms with van der Waals surface area (Å²) in [4.78, 5) is 29.1. The summed E-state index contributed by atoms with van der Waals surface area (Å²) in [5.74, 6) is 0.564. The molecule has 0 fully saturated rings. The van der Waals surface area contributed by atoms with E-state index in [1.165, 1.54) is 31.8 Å². The molecule has 8 nitrogen and oxygen atoms in total. The van der Waals surface area contributed by atoms with E-state index < -0.39 is 0 Å². The molecule has 2 amide bonds. The van der Waals surface area contributed by atoms with E-state index in [0.717, 1.165) is 4.70 Å². The number of benzene rings is 2. The van der Waals surface area contributed by atoms with Crippen molar-refractivity contribution in [1.82, 2.24) is 4.98 Å². The molecule has 0 radical (unpaired) electrons. The van der Waals surface area contributed by atoms with E-state index >= 15 is 0 Å². The molecule has 0 spiro atoms. The van der Waals surface area contributed by atoms with Crippen LogP contribution in [0.1, 0.15) is 20.9 Å². The van der Waals surface area contributed by atoms with Crippen molar-refractivity contribution in [3.05, 3.63) is 66.1 Å². The molecule has 2 heterocycles. The molecule has 0 aliphatic carbocycles. The summed E-state index contributed by atoms with van der Waals surface area (Å²) in [5, 5.41) is 6.00. The van der Waals surface area contributed by atoms with Gasteiger partial charge in [-0.2, -0.15) is 0 Å². The molecule has 152 valence electrons. The van der Waals surface area contributed by atoms with Gasteiger partial charge >= 0.3 is 0 Å². The number of ether oxygens (including phenoxy) is 2. The zero-order valence-corrected chi connectivity index (χ0v) is 16.9. The molecule has 0 unspecified atom stereocenters. The number of carbonyl (C=O) groups excluding carboxylic acids is 2. The maximum Gasteiger partial charge on any atom is 0.293 e. The molecule has 0 aliphatic heterocycles. The normalized spacial score (nSPS) is 10.6. The van der Waals surface area contributed by atoms with Crippen LogP contribution in [-0.2, 0) is 0 Å². The number of thiazole rings is 1. The van der Waals surface area contributed by atoms with E-state index in [1.54, 1.807) is 48.5 Å². The van der Waals surface area contributed by atoms with E-state index in [1.807, 2.05) is 0 Å². The van der Waals surface area contributed by atoms with Crippen molar-refractivity contribution in [2.75, 3.05) is 24.9 Å². The summed E-state index contributed by atoms with van der Waals surface area (Å²) in [6, 6.07) is 13.5. The van der Waals surface area contributed by atoms with Crippen molar-refractivity contribution >= 4 is 44.2 Å². The van der Waals surface area contributed by atoms with E-state index in [4.69, 9.17) is 13.9 Å². The monoisotopic (exact) mass is 423 g/mol. The third kappa shape index (κ3) is 3.96. The number of hydrogen-bond donors (Lipinski definition) is 2. The second kappa shape index (κ2) is 8.26. The quantitative estimate of drug-likeness (QED) is 0.476. The van der Waals surface area contributed by atoms with E-state index in [2.05, 4.69) is 15.6 Å². The number of nitrogens with zero attached hydrogens (tertiary/aromatic N) is 1. The summed E-state index contributed by atoms with van der Waals surface area (Å²) in [6.45, 7) is 0. The van der Waals surface area contributed by atoms with Crippen LogP contribution < -0.4 is 20.1 Å². The van der Waals surface area contributed by atoms with Gasteiger partial charge in [0.15, 0.2) is 22.4 Å². The van der Waals surface area contributed by atoms with Gasteiger partial charge in [-0.05, 0) is 48.5 Å². The molecule has 2 aromatic carbocycles. The first-order chi connectivity index (χ1) is 14.6. The fourth-order valence-electron chi connectivity index (χ4n) is 2.80. The van der Waals surface area contributed by atoms with Crippen molar-refractivity contribution < 1.29 is 23.5 Å². The van der Waals surface area contributed by atoms with Crippen LogP contribution in [0, 0.1) is 0 Å². The van der Waals surface area contributed by atoms with Gasteiger partial charge in [0, 0.05) is 11.3 Å². The van der Waals surface area contributed by atoms with Gasteiger partial charge in [0.1, 0.15) is 0 Å². The first kappa shape index (κ1) is 19.5. The largest absolute Gasteiger partial charge is 0.493 e. The molecule has 0 saturated carbocycles. The summed E-state index contributed by atoms with van der Waals surface area (Å²) >= 11 is 1.30. The summed E-state index contributed by atoms with van der Waals surface area (Å²) in [5.41, 5.74) is 1.75. The van der Waals surface area contributed by atoms with Crippen LogP contribution in [0.25, 0.3) is 10.2 Å². The van der Waals surface area contributed by atoms with Gasteiger partial charge in [-0.3, -0.25) is 14.9 Å². The average molecular weight is 423 g/mol. The fraction of sp³-hybridized carbons (Fsp3) is 0.0952. The van der Waals surface area contributed by atoms with Gasteiger partial charge in [0.05, 0.1) is 30.7 Å². The highest BCUT2D eigenvalue weighted by Crippen LogP contribution is 2.30. The molecule has 4 aromatic rings. The Morgan fingerprint density at radius 2 is 1.80 bits per heavy atom. The van der Waals surface area contributed by atoms with Crippen molar-refractivity contribution in [2.45, 2.75) is 0 Å². The molecule has 0 atom stereocenters. The average Bonchev–Trinajstić information content (AvgIpc) is 3.42. The standard InChI is InChI=1S/C21H17N3O5S/c1-27-15-8-5-12(10-17(15)28-2)19(25)22-13-6-7-14-18(11-13)30-21(23-14)24-20(26)16-4-3-9-29-16/h3-11H,1-2H3,(H,22,25)(H,23,24,26). The van der Waals surface area contributed by atoms with Crippen LogP contribution in [0.2, 0.25) is 0 Å². The minimum atomic E-state index is -0.374. The lowest BCUT2D eigenvalue weighted by molar-refractivity contribution is 0.0994. The molecule has 0 bridgehead atoms. The molecule has 2 N–H and O–H groups in total. The number of hydrogen-bond acceptors (Lipinski definition) is 7. The molecule has 0 aliphatic rings. The van der Waals surface area contributed by atoms with Gasteiger partial charge in [-0.25, -0.2) is 4.98 Å². The lowest BCUT2D eigenvalue weighted by Crippen LogP contribution is -2.12. The van der Waals surface area contributed by atoms with Crippen molar-refractivity contribution in [2.24, 2.45) is 0 Å². The van der Waals surface area contributed by atoms with Gasteiger partial charge < -0.3 is 19.2 Å². The minimum absolute atomic E-state index is 0.206. The SMILES string of the molecule is COc1ccc(C(=O)Nc2ccc3nc(NC(=O)c4ccco4)sc3c2)cc1OC. The zero-order chi connectivity index (χ0) is 21.1. The van der Waals surface area contributed by atoms with Gasteiger partial charge in [-0.1, -0.05) is 11.3 Å². The van der Waals surface area contributed by atoms with E-state index in [9.17, 15) is 9.59 Å². The smallest absolute Gasteiger partial charge is 0.293 e. The van der Waals surface area contributed by atoms with Gasteiger partial charge in [0.2, 0.25) is 0 Å². The third-order valence-corrected chi connectivity index (χ3v) is 5.19. The Morgan fingerprint density at radius 1 is 0.967 bits per heavy atom. The van der Waals surface area contributed by atoms with E-state index in [0.29, 0.717) is 33.4 Å². The fourth-order valence-corrected chi connectivity index (χ4v) is 3.70. The van der Waals surface area contributed by atoms with Gasteiger partial charge in [0.25, 0.3) is 11.8 Å².